The molecule has 0 atom stereocenters. The summed E-state index contributed by atoms with van der Waals surface area (Å²) >= 11 is 0. The Morgan fingerprint density at radius 1 is 0.944 bits per heavy atom. The van der Waals surface area contributed by atoms with Gasteiger partial charge in [0.05, 0.1) is 11.4 Å². The van der Waals surface area contributed by atoms with E-state index in [9.17, 15) is 4.79 Å². The van der Waals surface area contributed by atoms with Crippen molar-refractivity contribution in [3.05, 3.63) is 60.2 Å². The first-order valence-corrected chi connectivity index (χ1v) is 5.64. The first kappa shape index (κ1) is 10.5. The second-order valence-corrected chi connectivity index (χ2v) is 3.94. The highest BCUT2D eigenvalue weighted by atomic mass is 16.1. The van der Waals surface area contributed by atoms with Crippen LogP contribution in [0.4, 0.5) is 11.4 Å². The van der Waals surface area contributed by atoms with Crippen LogP contribution >= 0.6 is 0 Å². The van der Waals surface area contributed by atoms with Crippen LogP contribution in [0, 0.1) is 0 Å². The first-order valence-electron chi connectivity index (χ1n) is 5.64. The van der Waals surface area contributed by atoms with Crippen molar-refractivity contribution in [2.45, 2.75) is 0 Å². The van der Waals surface area contributed by atoms with Crippen LogP contribution in [0.15, 0.2) is 59.7 Å². The number of Topliss-reactive ketones (excluding diaryl/α,β-unsaturated/α-hetero) is 1. The molecule has 3 rings (SSSR count). The Hall–Kier alpha value is -2.62. The lowest BCUT2D eigenvalue weighted by molar-refractivity contribution is 0.107. The van der Waals surface area contributed by atoms with E-state index in [1.54, 1.807) is 6.07 Å². The average molecular weight is 237 g/mol. The third-order valence-electron chi connectivity index (χ3n) is 2.71. The molecule has 0 aromatic heterocycles. The number of ketones is 1. The summed E-state index contributed by atoms with van der Waals surface area (Å²) in [6.07, 6.45) is 0. The standard InChI is InChI=1S/C14H11N3O/c18-13-11-8-4-5-9-12(11)15-14(13)17-16-10-6-2-1-3-7-10/h1-9,16H,(H,15,17,18). The number of carbonyl (C=O) groups is 1. The Kier molecular flexibility index (Phi) is 2.53. The summed E-state index contributed by atoms with van der Waals surface area (Å²) in [7, 11) is 0. The maximum atomic E-state index is 12.0. The number of carbonyl (C=O) groups excluding carboxylic acids is 1. The summed E-state index contributed by atoms with van der Waals surface area (Å²) in [6, 6.07) is 16.9. The number of hydrazone groups is 1. The predicted octanol–water partition coefficient (Wildman–Crippen LogP) is 2.72. The van der Waals surface area contributed by atoms with E-state index in [-0.39, 0.29) is 5.78 Å². The molecular formula is C14H11N3O. The largest absolute Gasteiger partial charge is 0.335 e. The molecule has 0 spiro atoms. The molecule has 2 N–H and O–H groups in total. The Morgan fingerprint density at radius 2 is 1.67 bits per heavy atom. The SMILES string of the molecule is O=C1C(=NNc2ccccc2)Nc2ccccc21. The molecule has 4 heteroatoms. The fourth-order valence-electron chi connectivity index (χ4n) is 1.81. The number of nitrogens with one attached hydrogen (secondary N) is 2. The van der Waals surface area contributed by atoms with Crippen LogP contribution in [0.3, 0.4) is 0 Å². The second-order valence-electron chi connectivity index (χ2n) is 3.94. The normalized spacial score (nSPS) is 15.3. The summed E-state index contributed by atoms with van der Waals surface area (Å²) in [5.41, 5.74) is 5.16. The van der Waals surface area contributed by atoms with E-state index in [0.29, 0.717) is 11.4 Å². The van der Waals surface area contributed by atoms with Crippen LogP contribution in [0.25, 0.3) is 0 Å². The summed E-state index contributed by atoms with van der Waals surface area (Å²) in [5, 5.41) is 7.09. The van der Waals surface area contributed by atoms with Crippen molar-refractivity contribution in [1.82, 2.24) is 0 Å². The molecular weight excluding hydrogens is 226 g/mol. The van der Waals surface area contributed by atoms with E-state index >= 15 is 0 Å². The quantitative estimate of drug-likeness (QED) is 0.789. The Balaban J connectivity index is 1.82. The predicted molar refractivity (Wildman–Crippen MR) is 71.9 cm³/mol. The van der Waals surface area contributed by atoms with Crippen LogP contribution in [0.1, 0.15) is 10.4 Å². The molecule has 1 aliphatic heterocycles. The minimum atomic E-state index is -0.0889. The minimum Gasteiger partial charge on any atom is -0.335 e. The van der Waals surface area contributed by atoms with Crippen molar-refractivity contribution < 1.29 is 4.79 Å². The molecule has 0 bridgehead atoms. The molecule has 0 radical (unpaired) electrons. The number of benzene rings is 2. The molecule has 4 nitrogen and oxygen atoms in total. The van der Waals surface area contributed by atoms with Gasteiger partial charge in [0.1, 0.15) is 0 Å². The average Bonchev–Trinajstić information content (AvgIpc) is 2.75. The van der Waals surface area contributed by atoms with Crippen molar-refractivity contribution in [3.8, 4) is 0 Å². The molecule has 0 saturated heterocycles. The lowest BCUT2D eigenvalue weighted by atomic mass is 10.1. The lowest BCUT2D eigenvalue weighted by Gasteiger charge is -2.00. The van der Waals surface area contributed by atoms with Crippen molar-refractivity contribution in [1.29, 1.82) is 0 Å². The molecule has 0 fully saturated rings. The van der Waals surface area contributed by atoms with Gasteiger partial charge in [0.15, 0.2) is 5.84 Å². The number of amidine groups is 1. The number of hydrogen-bond donors (Lipinski definition) is 2. The van der Waals surface area contributed by atoms with Crippen molar-refractivity contribution in [2.75, 3.05) is 10.7 Å². The zero-order valence-electron chi connectivity index (χ0n) is 9.55. The van der Waals surface area contributed by atoms with E-state index < -0.39 is 0 Å². The molecule has 0 unspecified atom stereocenters. The molecule has 2 aromatic rings. The van der Waals surface area contributed by atoms with Gasteiger partial charge in [0.25, 0.3) is 0 Å². The summed E-state index contributed by atoms with van der Waals surface area (Å²) < 4.78 is 0. The van der Waals surface area contributed by atoms with Crippen molar-refractivity contribution in [2.24, 2.45) is 5.10 Å². The highest BCUT2D eigenvalue weighted by Gasteiger charge is 2.25. The number of nitrogens with zero attached hydrogens (tertiary/aromatic N) is 1. The number of para-hydroxylation sites is 2. The van der Waals surface area contributed by atoms with E-state index in [1.165, 1.54) is 0 Å². The zero-order valence-corrected chi connectivity index (χ0v) is 9.55. The Bertz CT molecular complexity index is 620. The van der Waals surface area contributed by atoms with Gasteiger partial charge < -0.3 is 5.32 Å². The fourth-order valence-corrected chi connectivity index (χ4v) is 1.81. The maximum absolute atomic E-state index is 12.0. The molecule has 0 saturated carbocycles. The molecule has 2 aromatic carbocycles. The van der Waals surface area contributed by atoms with Gasteiger partial charge in [-0.15, -0.1) is 0 Å². The highest BCUT2D eigenvalue weighted by Crippen LogP contribution is 2.22. The van der Waals surface area contributed by atoms with Crippen LogP contribution in [-0.2, 0) is 0 Å². The zero-order chi connectivity index (χ0) is 12.4. The van der Waals surface area contributed by atoms with Gasteiger partial charge in [-0.3, -0.25) is 10.2 Å². The molecule has 1 heterocycles. The fraction of sp³-hybridized carbons (Fsp3) is 0. The van der Waals surface area contributed by atoms with Crippen LogP contribution in [-0.4, -0.2) is 11.6 Å². The third kappa shape index (κ3) is 1.84. The van der Waals surface area contributed by atoms with Gasteiger partial charge in [-0.25, -0.2) is 0 Å². The second kappa shape index (κ2) is 4.33. The van der Waals surface area contributed by atoms with Crippen molar-refractivity contribution in [3.63, 3.8) is 0 Å². The van der Waals surface area contributed by atoms with E-state index in [0.717, 1.165) is 11.4 Å². The molecule has 1 aliphatic rings. The maximum Gasteiger partial charge on any atom is 0.232 e. The Morgan fingerprint density at radius 3 is 2.44 bits per heavy atom. The number of fused-ring (bicyclic) bond motifs is 1. The van der Waals surface area contributed by atoms with E-state index in [2.05, 4.69) is 15.8 Å². The summed E-state index contributed by atoms with van der Waals surface area (Å²) in [6.45, 7) is 0. The minimum absolute atomic E-state index is 0.0889. The monoisotopic (exact) mass is 237 g/mol. The van der Waals surface area contributed by atoms with E-state index in [1.807, 2.05) is 48.5 Å². The van der Waals surface area contributed by atoms with Crippen LogP contribution < -0.4 is 10.7 Å². The van der Waals surface area contributed by atoms with Gasteiger partial charge in [0.2, 0.25) is 5.78 Å². The summed E-state index contributed by atoms with van der Waals surface area (Å²) in [5.74, 6) is 0.231. The number of hydrogen-bond acceptors (Lipinski definition) is 3. The van der Waals surface area contributed by atoms with Gasteiger partial charge in [-0.2, -0.15) is 5.10 Å². The van der Waals surface area contributed by atoms with Crippen molar-refractivity contribution >= 4 is 23.0 Å². The highest BCUT2D eigenvalue weighted by molar-refractivity contribution is 6.53. The van der Waals surface area contributed by atoms with E-state index in [4.69, 9.17) is 0 Å². The van der Waals surface area contributed by atoms with Gasteiger partial charge in [0, 0.05) is 5.56 Å². The first-order chi connectivity index (χ1) is 8.84. The topological polar surface area (TPSA) is 53.5 Å². The van der Waals surface area contributed by atoms with Gasteiger partial charge >= 0.3 is 0 Å². The Labute approximate surface area is 104 Å². The van der Waals surface area contributed by atoms with Crippen LogP contribution in [0.5, 0.6) is 0 Å². The van der Waals surface area contributed by atoms with Crippen LogP contribution in [0.2, 0.25) is 0 Å². The van der Waals surface area contributed by atoms with Gasteiger partial charge in [-0.05, 0) is 24.3 Å². The molecule has 88 valence electrons. The van der Waals surface area contributed by atoms with Gasteiger partial charge in [-0.1, -0.05) is 30.3 Å². The number of anilines is 2. The smallest absolute Gasteiger partial charge is 0.232 e. The lowest BCUT2D eigenvalue weighted by Crippen LogP contribution is -2.16. The molecule has 0 amide bonds. The molecule has 0 aliphatic carbocycles. The summed E-state index contributed by atoms with van der Waals surface area (Å²) in [4.78, 5) is 12.0. The molecule has 18 heavy (non-hydrogen) atoms. The number of rotatable bonds is 2. The third-order valence-corrected chi connectivity index (χ3v) is 2.71.